The number of rotatable bonds is 34. The molecule has 0 aliphatic carbocycles. The van der Waals surface area contributed by atoms with Crippen LogP contribution in [0.2, 0.25) is 0 Å². The number of carboxylic acids is 1. The van der Waals surface area contributed by atoms with Crippen molar-refractivity contribution < 1.29 is 29.0 Å². The molecule has 0 aliphatic heterocycles. The first-order valence-corrected chi connectivity index (χ1v) is 18.4. The van der Waals surface area contributed by atoms with E-state index in [2.05, 4.69) is 13.8 Å². The molecular formula is C36H70N4O6. The summed E-state index contributed by atoms with van der Waals surface area (Å²) in [5.41, 5.74) is 0. The lowest BCUT2D eigenvalue weighted by molar-refractivity contribution is -0.141. The summed E-state index contributed by atoms with van der Waals surface area (Å²) in [6.07, 6.45) is 24.6. The number of amides is 2. The molecule has 270 valence electrons. The van der Waals surface area contributed by atoms with Gasteiger partial charge in [0, 0.05) is 40.3 Å². The molecule has 0 rings (SSSR count). The van der Waals surface area contributed by atoms with E-state index >= 15 is 0 Å². The highest BCUT2D eigenvalue weighted by Gasteiger charge is 2.20. The fourth-order valence-electron chi connectivity index (χ4n) is 5.56. The van der Waals surface area contributed by atoms with E-state index in [9.17, 15) is 24.3 Å². The minimum atomic E-state index is -1.02. The highest BCUT2D eigenvalue weighted by atomic mass is 16.5. The van der Waals surface area contributed by atoms with Gasteiger partial charge in [-0.2, -0.15) is 0 Å². The number of likely N-dealkylation sites (N-methyl/N-ethyl adjacent to an activating group) is 2. The van der Waals surface area contributed by atoms with E-state index in [1.807, 2.05) is 0 Å². The van der Waals surface area contributed by atoms with Gasteiger partial charge in [-0.25, -0.2) is 0 Å². The number of ether oxygens (including phenoxy) is 1. The van der Waals surface area contributed by atoms with Gasteiger partial charge >= 0.3 is 5.97 Å². The second kappa shape index (κ2) is 31.4. The Morgan fingerprint density at radius 2 is 0.870 bits per heavy atom. The summed E-state index contributed by atoms with van der Waals surface area (Å²) in [5, 5.41) is 9.45. The van der Waals surface area contributed by atoms with Crippen LogP contribution in [0.25, 0.3) is 0 Å². The van der Waals surface area contributed by atoms with Crippen molar-refractivity contribution in [3.63, 3.8) is 0 Å². The van der Waals surface area contributed by atoms with Crippen molar-refractivity contribution in [3.05, 3.63) is 0 Å². The number of aliphatic carboxylic acids is 1. The number of nitrogens with zero attached hydrogens (tertiary/aromatic N) is 4. The molecule has 0 aromatic heterocycles. The Kier molecular flexibility index (Phi) is 29.9. The van der Waals surface area contributed by atoms with E-state index < -0.39 is 5.97 Å². The third-order valence-electron chi connectivity index (χ3n) is 8.68. The van der Waals surface area contributed by atoms with Gasteiger partial charge in [0.05, 0.1) is 19.6 Å². The molecule has 0 bridgehead atoms. The molecule has 1 N–H and O–H groups in total. The molecule has 0 saturated carbocycles. The van der Waals surface area contributed by atoms with Crippen LogP contribution in [0.3, 0.4) is 0 Å². The maximum Gasteiger partial charge on any atom is 0.317 e. The van der Waals surface area contributed by atoms with Crippen LogP contribution < -0.4 is 0 Å². The van der Waals surface area contributed by atoms with Crippen molar-refractivity contribution in [2.45, 2.75) is 142 Å². The zero-order valence-corrected chi connectivity index (χ0v) is 30.2. The number of unbranched alkanes of at least 4 members (excludes halogenated alkanes) is 18. The van der Waals surface area contributed by atoms with Gasteiger partial charge in [-0.1, -0.05) is 129 Å². The molecule has 0 aliphatic rings. The van der Waals surface area contributed by atoms with Crippen LogP contribution in [0.5, 0.6) is 0 Å². The molecule has 10 nitrogen and oxygen atoms in total. The molecule has 0 aromatic carbocycles. The SMILES string of the molecule is CCCCCCCCCCCCN(C)C(=O)CN(CCN(CC(=O)O)CC(=O)N(C)CCCCCCCCCCCC)COC=O. The summed E-state index contributed by atoms with van der Waals surface area (Å²) in [6.45, 7) is 6.34. The summed E-state index contributed by atoms with van der Waals surface area (Å²) in [7, 11) is 3.55. The van der Waals surface area contributed by atoms with Crippen molar-refractivity contribution >= 4 is 24.3 Å². The minimum Gasteiger partial charge on any atom is -0.480 e. The predicted octanol–water partition coefficient (Wildman–Crippen LogP) is 6.56. The van der Waals surface area contributed by atoms with Crippen LogP contribution in [0.15, 0.2) is 0 Å². The Morgan fingerprint density at radius 3 is 1.24 bits per heavy atom. The van der Waals surface area contributed by atoms with E-state index in [1.54, 1.807) is 33.7 Å². The minimum absolute atomic E-state index is 0.0183. The molecule has 46 heavy (non-hydrogen) atoms. The van der Waals surface area contributed by atoms with E-state index in [-0.39, 0.29) is 51.3 Å². The van der Waals surface area contributed by atoms with Crippen molar-refractivity contribution in [3.8, 4) is 0 Å². The largest absolute Gasteiger partial charge is 0.480 e. The van der Waals surface area contributed by atoms with Crippen LogP contribution in [0, 0.1) is 0 Å². The first-order valence-electron chi connectivity index (χ1n) is 18.4. The second-order valence-electron chi connectivity index (χ2n) is 13.0. The number of hydrogen-bond acceptors (Lipinski definition) is 7. The van der Waals surface area contributed by atoms with Gasteiger partial charge in [-0.15, -0.1) is 0 Å². The van der Waals surface area contributed by atoms with Gasteiger partial charge in [0.2, 0.25) is 11.8 Å². The lowest BCUT2D eigenvalue weighted by Gasteiger charge is -2.28. The Labute approximate surface area is 281 Å². The summed E-state index contributed by atoms with van der Waals surface area (Å²) in [5.74, 6) is -1.23. The molecule has 10 heteroatoms. The molecule has 0 atom stereocenters. The number of carbonyl (C=O) groups excluding carboxylic acids is 3. The zero-order chi connectivity index (χ0) is 34.3. The Balaban J connectivity index is 4.51. The molecule has 0 unspecified atom stereocenters. The van der Waals surface area contributed by atoms with Crippen LogP contribution >= 0.6 is 0 Å². The Bertz CT molecular complexity index is 769. The monoisotopic (exact) mass is 655 g/mol. The normalized spacial score (nSPS) is 11.3. The van der Waals surface area contributed by atoms with Crippen LogP contribution in [0.4, 0.5) is 0 Å². The molecule has 0 fully saturated rings. The van der Waals surface area contributed by atoms with E-state index in [4.69, 9.17) is 4.74 Å². The average Bonchev–Trinajstić information content (AvgIpc) is 3.03. The lowest BCUT2D eigenvalue weighted by Crippen LogP contribution is -2.46. The quantitative estimate of drug-likeness (QED) is 0.0472. The smallest absolute Gasteiger partial charge is 0.317 e. The first kappa shape index (κ1) is 43.8. The third kappa shape index (κ3) is 27.0. The molecule has 0 radical (unpaired) electrons. The lowest BCUT2D eigenvalue weighted by atomic mass is 10.1. The topological polar surface area (TPSA) is 111 Å². The third-order valence-corrected chi connectivity index (χ3v) is 8.68. The Morgan fingerprint density at radius 1 is 0.522 bits per heavy atom. The molecule has 2 amide bonds. The number of carboxylic acid groups (broad SMARTS) is 1. The zero-order valence-electron chi connectivity index (χ0n) is 30.2. The standard InChI is InChI=1S/C36H70N4O6/c1-5-7-9-11-13-15-17-19-21-23-25-37(3)34(42)29-39(31-36(44)45)27-28-40(32-46-33-41)30-35(43)38(4)26-24-22-20-18-16-14-12-10-8-6-2/h33H,5-32H2,1-4H3,(H,44,45). The van der Waals surface area contributed by atoms with Crippen LogP contribution in [0.1, 0.15) is 142 Å². The summed E-state index contributed by atoms with van der Waals surface area (Å²) in [4.78, 5) is 54.9. The van der Waals surface area contributed by atoms with Crippen molar-refractivity contribution in [2.75, 3.05) is 66.6 Å². The van der Waals surface area contributed by atoms with Crippen molar-refractivity contribution in [2.24, 2.45) is 0 Å². The average molecular weight is 655 g/mol. The number of carbonyl (C=O) groups is 4. The van der Waals surface area contributed by atoms with Gasteiger partial charge in [0.25, 0.3) is 6.47 Å². The van der Waals surface area contributed by atoms with Crippen molar-refractivity contribution in [1.82, 2.24) is 19.6 Å². The Hall–Kier alpha value is -2.20. The van der Waals surface area contributed by atoms with Gasteiger partial charge in [-0.3, -0.25) is 29.0 Å². The maximum atomic E-state index is 12.9. The second-order valence-corrected chi connectivity index (χ2v) is 13.0. The van der Waals surface area contributed by atoms with Crippen LogP contribution in [-0.4, -0.2) is 116 Å². The van der Waals surface area contributed by atoms with E-state index in [0.29, 0.717) is 19.6 Å². The maximum absolute atomic E-state index is 12.9. The first-order chi connectivity index (χ1) is 22.2. The summed E-state index contributed by atoms with van der Waals surface area (Å²) in [6, 6.07) is 0. The summed E-state index contributed by atoms with van der Waals surface area (Å²) >= 11 is 0. The predicted molar refractivity (Wildman–Crippen MR) is 187 cm³/mol. The van der Waals surface area contributed by atoms with Gasteiger partial charge < -0.3 is 19.6 Å². The van der Waals surface area contributed by atoms with E-state index in [0.717, 1.165) is 25.7 Å². The molecule has 0 aromatic rings. The molecule has 0 saturated heterocycles. The fourth-order valence-corrected chi connectivity index (χ4v) is 5.56. The summed E-state index contributed by atoms with van der Waals surface area (Å²) < 4.78 is 4.94. The molecule has 0 spiro atoms. The van der Waals surface area contributed by atoms with Gasteiger partial charge in [0.1, 0.15) is 6.73 Å². The fraction of sp³-hybridized carbons (Fsp3) is 0.889. The highest BCUT2D eigenvalue weighted by Crippen LogP contribution is 2.12. The highest BCUT2D eigenvalue weighted by molar-refractivity contribution is 5.79. The van der Waals surface area contributed by atoms with Crippen molar-refractivity contribution in [1.29, 1.82) is 0 Å². The number of hydrogen-bond donors (Lipinski definition) is 1. The van der Waals surface area contributed by atoms with Gasteiger partial charge in [0.15, 0.2) is 0 Å². The van der Waals surface area contributed by atoms with Gasteiger partial charge in [-0.05, 0) is 12.8 Å². The molecular weight excluding hydrogens is 584 g/mol. The van der Waals surface area contributed by atoms with E-state index in [1.165, 1.54) is 103 Å². The molecule has 0 heterocycles. The van der Waals surface area contributed by atoms with Crippen LogP contribution in [-0.2, 0) is 23.9 Å².